The average Bonchev–Trinajstić information content (AvgIpc) is 2.74. The lowest BCUT2D eigenvalue weighted by atomic mass is 9.84. The molecule has 1 atom stereocenters. The van der Waals surface area contributed by atoms with E-state index in [1.165, 1.54) is 29.5 Å². The lowest BCUT2D eigenvalue weighted by molar-refractivity contribution is 0.316. The van der Waals surface area contributed by atoms with E-state index in [4.69, 9.17) is 14.2 Å². The average molecular weight is 414 g/mol. The lowest BCUT2D eigenvalue weighted by Gasteiger charge is -2.24. The summed E-state index contributed by atoms with van der Waals surface area (Å²) in [5, 5.41) is 0. The molecular weight excluding hydrogens is 374 g/mol. The van der Waals surface area contributed by atoms with Crippen LogP contribution >= 0.6 is 0 Å². The largest absolute Gasteiger partial charge is 0.496 e. The molecule has 0 aliphatic heterocycles. The van der Waals surface area contributed by atoms with Gasteiger partial charge in [0.25, 0.3) is 0 Å². The van der Waals surface area contributed by atoms with Crippen LogP contribution in [-0.2, 0) is 6.42 Å². The van der Waals surface area contributed by atoms with E-state index >= 15 is 0 Å². The minimum atomic E-state index is 0.516. The van der Waals surface area contributed by atoms with Crippen molar-refractivity contribution in [3.8, 4) is 17.2 Å². The molecule has 4 heteroatoms. The summed E-state index contributed by atoms with van der Waals surface area (Å²) in [6.45, 7) is 8.88. The fourth-order valence-electron chi connectivity index (χ4n) is 4.08. The van der Waals surface area contributed by atoms with Gasteiger partial charge in [-0.2, -0.15) is 0 Å². The molecule has 0 fully saturated rings. The second kappa shape index (κ2) is 11.8. The van der Waals surface area contributed by atoms with E-state index in [2.05, 4.69) is 63.1 Å². The Labute approximate surface area is 183 Å². The van der Waals surface area contributed by atoms with Crippen LogP contribution in [0.5, 0.6) is 17.2 Å². The Morgan fingerprint density at radius 2 is 1.50 bits per heavy atom. The van der Waals surface area contributed by atoms with E-state index in [-0.39, 0.29) is 0 Å². The maximum absolute atomic E-state index is 5.51. The van der Waals surface area contributed by atoms with Crippen LogP contribution in [0.25, 0.3) is 0 Å². The van der Waals surface area contributed by atoms with Gasteiger partial charge in [0.05, 0.1) is 21.3 Å². The summed E-state index contributed by atoms with van der Waals surface area (Å²) in [6.07, 6.45) is 3.40. The molecule has 30 heavy (non-hydrogen) atoms. The van der Waals surface area contributed by atoms with Crippen molar-refractivity contribution >= 4 is 0 Å². The van der Waals surface area contributed by atoms with E-state index < -0.39 is 0 Å². The molecule has 0 N–H and O–H groups in total. The van der Waals surface area contributed by atoms with Crippen LogP contribution in [0.2, 0.25) is 0 Å². The lowest BCUT2D eigenvalue weighted by Crippen LogP contribution is -2.23. The Morgan fingerprint density at radius 3 is 2.10 bits per heavy atom. The Bertz CT molecular complexity index is 788. The number of hydrogen-bond acceptors (Lipinski definition) is 4. The first-order chi connectivity index (χ1) is 14.4. The van der Waals surface area contributed by atoms with Gasteiger partial charge in [0.15, 0.2) is 11.5 Å². The quantitative estimate of drug-likeness (QED) is 0.446. The third-order valence-electron chi connectivity index (χ3n) is 5.94. The molecule has 2 aromatic carbocycles. The first kappa shape index (κ1) is 24.1. The minimum absolute atomic E-state index is 0.516. The van der Waals surface area contributed by atoms with Crippen LogP contribution in [0.3, 0.4) is 0 Å². The van der Waals surface area contributed by atoms with E-state index in [1.807, 2.05) is 6.07 Å². The molecule has 0 spiro atoms. The summed E-state index contributed by atoms with van der Waals surface area (Å²) in [6, 6.07) is 12.8. The molecule has 0 aliphatic carbocycles. The first-order valence-corrected chi connectivity index (χ1v) is 10.9. The van der Waals surface area contributed by atoms with Crippen molar-refractivity contribution in [1.82, 2.24) is 4.90 Å². The Kier molecular flexibility index (Phi) is 9.51. The molecule has 0 radical (unpaired) electrons. The standard InChI is InChI=1S/C26H39NO3/c1-19(2)23(22-11-13-25(29-6)26(18-22)30-7)9-8-15-27(4)16-14-21-10-12-24(28-5)20(3)17-21/h10-13,17-19,23H,8-9,14-16H2,1-7H3. The molecule has 0 bridgehead atoms. The van der Waals surface area contributed by atoms with E-state index in [1.54, 1.807) is 21.3 Å². The predicted octanol–water partition coefficient (Wildman–Crippen LogP) is 5.72. The van der Waals surface area contributed by atoms with Gasteiger partial charge < -0.3 is 19.1 Å². The summed E-state index contributed by atoms with van der Waals surface area (Å²) in [7, 11) is 7.32. The molecule has 0 saturated carbocycles. The number of nitrogens with zero attached hydrogens (tertiary/aromatic N) is 1. The number of ether oxygens (including phenoxy) is 3. The summed E-state index contributed by atoms with van der Waals surface area (Å²) in [5.41, 5.74) is 3.90. The van der Waals surface area contributed by atoms with Crippen LogP contribution in [0, 0.1) is 12.8 Å². The molecule has 0 aromatic heterocycles. The van der Waals surface area contributed by atoms with Gasteiger partial charge in [-0.1, -0.05) is 32.0 Å². The Balaban J connectivity index is 1.87. The summed E-state index contributed by atoms with van der Waals surface area (Å²) >= 11 is 0. The third kappa shape index (κ3) is 6.66. The maximum atomic E-state index is 5.51. The number of rotatable bonds is 12. The van der Waals surface area contributed by atoms with Crippen molar-refractivity contribution in [3.63, 3.8) is 0 Å². The molecule has 0 amide bonds. The van der Waals surface area contributed by atoms with Gasteiger partial charge >= 0.3 is 0 Å². The third-order valence-corrected chi connectivity index (χ3v) is 5.94. The second-order valence-electron chi connectivity index (χ2n) is 8.46. The summed E-state index contributed by atoms with van der Waals surface area (Å²) in [4.78, 5) is 2.44. The molecule has 166 valence electrons. The van der Waals surface area contributed by atoms with E-state index in [9.17, 15) is 0 Å². The SMILES string of the molecule is COc1ccc(CCN(C)CCCC(c2ccc(OC)c(OC)c2)C(C)C)cc1C. The van der Waals surface area contributed by atoms with Gasteiger partial charge in [-0.25, -0.2) is 0 Å². The fraction of sp³-hybridized carbons (Fsp3) is 0.538. The van der Waals surface area contributed by atoms with Crippen molar-refractivity contribution in [1.29, 1.82) is 0 Å². The molecule has 2 aromatic rings. The molecule has 2 rings (SSSR count). The highest BCUT2D eigenvalue weighted by atomic mass is 16.5. The topological polar surface area (TPSA) is 30.9 Å². The van der Waals surface area contributed by atoms with Gasteiger partial charge in [0, 0.05) is 6.54 Å². The van der Waals surface area contributed by atoms with Crippen LogP contribution in [0.1, 0.15) is 49.3 Å². The minimum Gasteiger partial charge on any atom is -0.496 e. The number of likely N-dealkylation sites (N-methyl/N-ethyl adjacent to an activating group) is 1. The molecule has 0 heterocycles. The van der Waals surface area contributed by atoms with Crippen LogP contribution in [-0.4, -0.2) is 46.4 Å². The molecule has 0 aliphatic rings. The summed E-state index contributed by atoms with van der Waals surface area (Å²) < 4.78 is 16.3. The van der Waals surface area contributed by atoms with Crippen molar-refractivity contribution < 1.29 is 14.2 Å². The van der Waals surface area contributed by atoms with Crippen LogP contribution < -0.4 is 14.2 Å². The number of benzene rings is 2. The van der Waals surface area contributed by atoms with Gasteiger partial charge in [0.2, 0.25) is 0 Å². The highest BCUT2D eigenvalue weighted by Gasteiger charge is 2.18. The second-order valence-corrected chi connectivity index (χ2v) is 8.46. The smallest absolute Gasteiger partial charge is 0.160 e. The fourth-order valence-corrected chi connectivity index (χ4v) is 4.08. The van der Waals surface area contributed by atoms with Crippen molar-refractivity contribution in [3.05, 3.63) is 53.1 Å². The van der Waals surface area contributed by atoms with E-state index in [0.717, 1.165) is 36.8 Å². The Hall–Kier alpha value is -2.20. The van der Waals surface area contributed by atoms with Crippen LogP contribution in [0.4, 0.5) is 0 Å². The maximum Gasteiger partial charge on any atom is 0.160 e. The molecular formula is C26H39NO3. The highest BCUT2D eigenvalue weighted by molar-refractivity contribution is 5.44. The van der Waals surface area contributed by atoms with Crippen LogP contribution in [0.15, 0.2) is 36.4 Å². The van der Waals surface area contributed by atoms with Gasteiger partial charge in [-0.05, 0) is 86.5 Å². The monoisotopic (exact) mass is 413 g/mol. The summed E-state index contributed by atoms with van der Waals surface area (Å²) in [5.74, 6) is 3.66. The predicted molar refractivity (Wildman–Crippen MR) is 125 cm³/mol. The molecule has 1 unspecified atom stereocenters. The molecule has 4 nitrogen and oxygen atoms in total. The number of methoxy groups -OCH3 is 3. The van der Waals surface area contributed by atoms with Crippen molar-refractivity contribution in [2.45, 2.75) is 46.0 Å². The number of hydrogen-bond donors (Lipinski definition) is 0. The van der Waals surface area contributed by atoms with Crippen molar-refractivity contribution in [2.75, 3.05) is 41.5 Å². The highest BCUT2D eigenvalue weighted by Crippen LogP contribution is 2.35. The van der Waals surface area contributed by atoms with E-state index in [0.29, 0.717) is 11.8 Å². The zero-order chi connectivity index (χ0) is 22.1. The van der Waals surface area contributed by atoms with Gasteiger partial charge in [0.1, 0.15) is 5.75 Å². The normalized spacial score (nSPS) is 12.3. The Morgan fingerprint density at radius 1 is 0.833 bits per heavy atom. The first-order valence-electron chi connectivity index (χ1n) is 10.9. The van der Waals surface area contributed by atoms with Crippen molar-refractivity contribution in [2.24, 2.45) is 5.92 Å². The number of aryl methyl sites for hydroxylation is 1. The van der Waals surface area contributed by atoms with Gasteiger partial charge in [-0.15, -0.1) is 0 Å². The zero-order valence-electron chi connectivity index (χ0n) is 19.8. The molecule has 0 saturated heterocycles. The zero-order valence-corrected chi connectivity index (χ0v) is 19.8. The van der Waals surface area contributed by atoms with Gasteiger partial charge in [-0.3, -0.25) is 0 Å².